The topological polar surface area (TPSA) is 42.1 Å². The molecule has 0 saturated heterocycles. The normalized spacial score (nSPS) is 12.7. The van der Waals surface area contributed by atoms with E-state index in [-0.39, 0.29) is 0 Å². The Kier molecular flexibility index (Phi) is 3.06. The van der Waals surface area contributed by atoms with Crippen LogP contribution < -0.4 is 10.6 Å². The van der Waals surface area contributed by atoms with E-state index in [4.69, 9.17) is 5.73 Å². The molecule has 0 aliphatic heterocycles. The molecule has 1 atom stereocenters. The van der Waals surface area contributed by atoms with Crippen LogP contribution in [-0.4, -0.2) is 24.6 Å². The Morgan fingerprint density at radius 2 is 2.06 bits per heavy atom. The van der Waals surface area contributed by atoms with Crippen LogP contribution in [0.2, 0.25) is 0 Å². The van der Waals surface area contributed by atoms with Crippen molar-refractivity contribution >= 4 is 16.6 Å². The molecule has 0 radical (unpaired) electrons. The van der Waals surface area contributed by atoms with Gasteiger partial charge in [-0.3, -0.25) is 0 Å². The molecular weight excluding hydrogens is 198 g/mol. The van der Waals surface area contributed by atoms with Gasteiger partial charge in [-0.1, -0.05) is 24.3 Å². The summed E-state index contributed by atoms with van der Waals surface area (Å²) < 4.78 is 0. The number of hydrogen-bond donors (Lipinski definition) is 1. The maximum absolute atomic E-state index is 5.68. The SMILES string of the molecule is CC(CN)N(C)c1nccc2ccccc12. The molecule has 0 fully saturated rings. The van der Waals surface area contributed by atoms with E-state index in [0.717, 1.165) is 5.82 Å². The summed E-state index contributed by atoms with van der Waals surface area (Å²) in [6.45, 7) is 2.73. The number of likely N-dealkylation sites (N-methyl/N-ethyl adjacent to an activating group) is 1. The standard InChI is InChI=1S/C13H17N3/c1-10(9-14)16(2)13-12-6-4-3-5-11(12)7-8-15-13/h3-8,10H,9,14H2,1-2H3. The molecule has 1 heterocycles. The number of benzene rings is 1. The second kappa shape index (κ2) is 4.49. The lowest BCUT2D eigenvalue weighted by Gasteiger charge is -2.25. The molecule has 3 heteroatoms. The average molecular weight is 215 g/mol. The average Bonchev–Trinajstić information content (AvgIpc) is 2.36. The van der Waals surface area contributed by atoms with Gasteiger partial charge in [0, 0.05) is 31.2 Å². The van der Waals surface area contributed by atoms with Crippen LogP contribution in [0.3, 0.4) is 0 Å². The van der Waals surface area contributed by atoms with Gasteiger partial charge in [0.1, 0.15) is 5.82 Å². The van der Waals surface area contributed by atoms with Crippen molar-refractivity contribution in [3.05, 3.63) is 36.5 Å². The molecule has 0 saturated carbocycles. The van der Waals surface area contributed by atoms with Crippen LogP contribution in [0.4, 0.5) is 5.82 Å². The lowest BCUT2D eigenvalue weighted by atomic mass is 10.1. The van der Waals surface area contributed by atoms with Gasteiger partial charge in [-0.05, 0) is 18.4 Å². The highest BCUT2D eigenvalue weighted by Crippen LogP contribution is 2.24. The van der Waals surface area contributed by atoms with E-state index in [9.17, 15) is 0 Å². The smallest absolute Gasteiger partial charge is 0.136 e. The fourth-order valence-electron chi connectivity index (χ4n) is 1.75. The lowest BCUT2D eigenvalue weighted by molar-refractivity contribution is 0.690. The van der Waals surface area contributed by atoms with E-state index < -0.39 is 0 Å². The maximum atomic E-state index is 5.68. The zero-order valence-corrected chi connectivity index (χ0v) is 9.72. The molecule has 1 unspecified atom stereocenters. The minimum absolute atomic E-state index is 0.290. The summed E-state index contributed by atoms with van der Waals surface area (Å²) in [5.41, 5.74) is 5.68. The number of aromatic nitrogens is 1. The highest BCUT2D eigenvalue weighted by Gasteiger charge is 2.11. The van der Waals surface area contributed by atoms with Gasteiger partial charge in [-0.25, -0.2) is 4.98 Å². The first-order chi connectivity index (χ1) is 7.74. The molecule has 16 heavy (non-hydrogen) atoms. The zero-order chi connectivity index (χ0) is 11.5. The maximum Gasteiger partial charge on any atom is 0.136 e. The van der Waals surface area contributed by atoms with E-state index in [1.807, 2.05) is 31.4 Å². The van der Waals surface area contributed by atoms with Crippen molar-refractivity contribution in [2.75, 3.05) is 18.5 Å². The highest BCUT2D eigenvalue weighted by atomic mass is 15.2. The van der Waals surface area contributed by atoms with Crippen molar-refractivity contribution in [3.8, 4) is 0 Å². The molecule has 3 nitrogen and oxygen atoms in total. The second-order valence-electron chi connectivity index (χ2n) is 4.05. The Morgan fingerprint density at radius 3 is 2.81 bits per heavy atom. The van der Waals surface area contributed by atoms with Gasteiger partial charge in [-0.15, -0.1) is 0 Å². The third-order valence-electron chi connectivity index (χ3n) is 2.99. The number of nitrogens with two attached hydrogens (primary N) is 1. The summed E-state index contributed by atoms with van der Waals surface area (Å²) in [6, 6.07) is 10.6. The molecule has 84 valence electrons. The first-order valence-corrected chi connectivity index (χ1v) is 5.50. The van der Waals surface area contributed by atoms with Crippen molar-refractivity contribution in [1.82, 2.24) is 4.98 Å². The van der Waals surface area contributed by atoms with E-state index in [2.05, 4.69) is 28.9 Å². The molecular formula is C13H17N3. The highest BCUT2D eigenvalue weighted by molar-refractivity contribution is 5.92. The molecule has 0 amide bonds. The third kappa shape index (κ3) is 1.86. The Bertz CT molecular complexity index is 476. The summed E-state index contributed by atoms with van der Waals surface area (Å²) in [5, 5.41) is 2.39. The molecule has 2 rings (SSSR count). The predicted octanol–water partition coefficient (Wildman–Crippen LogP) is 2.02. The van der Waals surface area contributed by atoms with Gasteiger partial charge < -0.3 is 10.6 Å². The van der Waals surface area contributed by atoms with Crippen molar-refractivity contribution in [2.24, 2.45) is 5.73 Å². The van der Waals surface area contributed by atoms with E-state index in [0.29, 0.717) is 12.6 Å². The Balaban J connectivity index is 2.52. The fourth-order valence-corrected chi connectivity index (χ4v) is 1.75. The minimum atomic E-state index is 0.290. The molecule has 0 bridgehead atoms. The number of pyridine rings is 1. The largest absolute Gasteiger partial charge is 0.355 e. The zero-order valence-electron chi connectivity index (χ0n) is 9.72. The summed E-state index contributed by atoms with van der Waals surface area (Å²) in [6.07, 6.45) is 1.84. The van der Waals surface area contributed by atoms with Gasteiger partial charge >= 0.3 is 0 Å². The summed E-state index contributed by atoms with van der Waals surface area (Å²) in [7, 11) is 2.03. The predicted molar refractivity (Wildman–Crippen MR) is 68.7 cm³/mol. The van der Waals surface area contributed by atoms with Gasteiger partial charge in [-0.2, -0.15) is 0 Å². The number of fused-ring (bicyclic) bond motifs is 1. The van der Waals surface area contributed by atoms with Crippen molar-refractivity contribution in [1.29, 1.82) is 0 Å². The van der Waals surface area contributed by atoms with Crippen LogP contribution >= 0.6 is 0 Å². The minimum Gasteiger partial charge on any atom is -0.355 e. The Morgan fingerprint density at radius 1 is 1.31 bits per heavy atom. The number of anilines is 1. The summed E-state index contributed by atoms with van der Waals surface area (Å²) in [5.74, 6) is 0.996. The van der Waals surface area contributed by atoms with Crippen LogP contribution in [0.1, 0.15) is 6.92 Å². The first-order valence-electron chi connectivity index (χ1n) is 5.50. The van der Waals surface area contributed by atoms with Crippen LogP contribution in [0.15, 0.2) is 36.5 Å². The van der Waals surface area contributed by atoms with Crippen molar-refractivity contribution < 1.29 is 0 Å². The van der Waals surface area contributed by atoms with Crippen LogP contribution in [0.5, 0.6) is 0 Å². The number of rotatable bonds is 3. The quantitative estimate of drug-likeness (QED) is 0.851. The first kappa shape index (κ1) is 10.9. The fraction of sp³-hybridized carbons (Fsp3) is 0.308. The molecule has 0 aliphatic rings. The van der Waals surface area contributed by atoms with E-state index in [1.54, 1.807) is 0 Å². The molecule has 1 aromatic heterocycles. The molecule has 2 N–H and O–H groups in total. The lowest BCUT2D eigenvalue weighted by Crippen LogP contribution is -2.35. The third-order valence-corrected chi connectivity index (χ3v) is 2.99. The van der Waals surface area contributed by atoms with Gasteiger partial charge in [0.15, 0.2) is 0 Å². The Hall–Kier alpha value is -1.61. The molecule has 0 aliphatic carbocycles. The van der Waals surface area contributed by atoms with E-state index >= 15 is 0 Å². The van der Waals surface area contributed by atoms with Gasteiger partial charge in [0.2, 0.25) is 0 Å². The van der Waals surface area contributed by atoms with Crippen LogP contribution in [0, 0.1) is 0 Å². The van der Waals surface area contributed by atoms with Crippen LogP contribution in [0.25, 0.3) is 10.8 Å². The van der Waals surface area contributed by atoms with Gasteiger partial charge in [0.25, 0.3) is 0 Å². The van der Waals surface area contributed by atoms with Crippen molar-refractivity contribution in [2.45, 2.75) is 13.0 Å². The Labute approximate surface area is 95.9 Å². The number of hydrogen-bond acceptors (Lipinski definition) is 3. The monoisotopic (exact) mass is 215 g/mol. The molecule has 0 spiro atoms. The van der Waals surface area contributed by atoms with E-state index in [1.165, 1.54) is 10.8 Å². The van der Waals surface area contributed by atoms with Crippen LogP contribution in [-0.2, 0) is 0 Å². The van der Waals surface area contributed by atoms with Gasteiger partial charge in [0.05, 0.1) is 0 Å². The summed E-state index contributed by atoms with van der Waals surface area (Å²) in [4.78, 5) is 6.57. The molecule has 2 aromatic rings. The number of nitrogens with zero attached hydrogens (tertiary/aromatic N) is 2. The summed E-state index contributed by atoms with van der Waals surface area (Å²) >= 11 is 0. The second-order valence-corrected chi connectivity index (χ2v) is 4.05. The van der Waals surface area contributed by atoms with Crippen molar-refractivity contribution in [3.63, 3.8) is 0 Å². The molecule has 1 aromatic carbocycles.